The fourth-order valence-corrected chi connectivity index (χ4v) is 3.08. The first kappa shape index (κ1) is 17.0. The Kier molecular flexibility index (Phi) is 4.48. The van der Waals surface area contributed by atoms with Gasteiger partial charge in [0.15, 0.2) is 0 Å². The Morgan fingerprint density at radius 1 is 1.04 bits per heavy atom. The van der Waals surface area contributed by atoms with E-state index >= 15 is 0 Å². The number of nitrogens with zero attached hydrogens (tertiary/aromatic N) is 1. The van der Waals surface area contributed by atoms with Gasteiger partial charge in [-0.3, -0.25) is 9.59 Å². The number of carbonyl (C=O) groups excluding carboxylic acids is 1. The first-order chi connectivity index (χ1) is 11.9. The molecule has 0 aromatic heterocycles. The standard InChI is InChI=1S/C18H14F3NO3/c19-11-3-1-10(2-4-11)9-22-14(7-8-15(23)24)16-12(20)5-6-13(21)17(16)18(22)25/h1-6,14H,7-9H2,(H,23,24). The molecule has 0 aliphatic carbocycles. The van der Waals surface area contributed by atoms with Crippen LogP contribution in [0.25, 0.3) is 0 Å². The van der Waals surface area contributed by atoms with E-state index in [-0.39, 0.29) is 30.5 Å². The lowest BCUT2D eigenvalue weighted by Gasteiger charge is -2.25. The van der Waals surface area contributed by atoms with Crippen LogP contribution in [0.5, 0.6) is 0 Å². The second-order valence-electron chi connectivity index (χ2n) is 5.83. The number of halogens is 3. The minimum absolute atomic E-state index is 0.00302. The van der Waals surface area contributed by atoms with Crippen LogP contribution >= 0.6 is 0 Å². The molecule has 3 rings (SSSR count). The summed E-state index contributed by atoms with van der Waals surface area (Å²) >= 11 is 0. The van der Waals surface area contributed by atoms with Crippen molar-refractivity contribution in [2.45, 2.75) is 25.4 Å². The predicted molar refractivity (Wildman–Crippen MR) is 82.2 cm³/mol. The number of carbonyl (C=O) groups is 2. The SMILES string of the molecule is O=C(O)CCC1c2c(F)ccc(F)c2C(=O)N1Cc1ccc(F)cc1. The molecule has 130 valence electrons. The van der Waals surface area contributed by atoms with Crippen LogP contribution in [0.1, 0.15) is 40.4 Å². The van der Waals surface area contributed by atoms with Crippen LogP contribution in [-0.2, 0) is 11.3 Å². The van der Waals surface area contributed by atoms with Gasteiger partial charge in [0.2, 0.25) is 0 Å². The highest BCUT2D eigenvalue weighted by molar-refractivity contribution is 5.99. The summed E-state index contributed by atoms with van der Waals surface area (Å²) in [5.74, 6) is -3.84. The van der Waals surface area contributed by atoms with Crippen molar-refractivity contribution in [3.8, 4) is 0 Å². The highest BCUT2D eigenvalue weighted by Crippen LogP contribution is 2.40. The predicted octanol–water partition coefficient (Wildman–Crippen LogP) is 3.67. The van der Waals surface area contributed by atoms with Gasteiger partial charge in [0.05, 0.1) is 11.6 Å². The number of carboxylic acid groups (broad SMARTS) is 1. The van der Waals surface area contributed by atoms with E-state index in [0.717, 1.165) is 12.1 Å². The molecule has 0 saturated heterocycles. The molecule has 0 saturated carbocycles. The molecule has 0 bridgehead atoms. The first-order valence-electron chi connectivity index (χ1n) is 7.63. The average molecular weight is 349 g/mol. The monoisotopic (exact) mass is 349 g/mol. The zero-order valence-corrected chi connectivity index (χ0v) is 13.0. The van der Waals surface area contributed by atoms with Gasteiger partial charge in [-0.1, -0.05) is 12.1 Å². The van der Waals surface area contributed by atoms with E-state index in [1.54, 1.807) is 0 Å². The topological polar surface area (TPSA) is 57.6 Å². The van der Waals surface area contributed by atoms with E-state index in [1.165, 1.54) is 29.2 Å². The number of aliphatic carboxylic acids is 1. The summed E-state index contributed by atoms with van der Waals surface area (Å²) in [6, 6.07) is 6.28. The quantitative estimate of drug-likeness (QED) is 0.896. The largest absolute Gasteiger partial charge is 0.481 e. The third-order valence-electron chi connectivity index (χ3n) is 4.22. The van der Waals surface area contributed by atoms with Crippen molar-refractivity contribution in [2.24, 2.45) is 0 Å². The minimum Gasteiger partial charge on any atom is -0.481 e. The molecule has 1 heterocycles. The molecule has 1 N–H and O–H groups in total. The molecule has 1 atom stereocenters. The molecule has 0 fully saturated rings. The van der Waals surface area contributed by atoms with Crippen molar-refractivity contribution in [1.82, 2.24) is 4.90 Å². The van der Waals surface area contributed by atoms with Crippen LogP contribution in [0.2, 0.25) is 0 Å². The van der Waals surface area contributed by atoms with Crippen LogP contribution in [0.4, 0.5) is 13.2 Å². The van der Waals surface area contributed by atoms with E-state index in [1.807, 2.05) is 0 Å². The molecule has 0 radical (unpaired) electrons. The summed E-state index contributed by atoms with van der Waals surface area (Å²) in [5, 5.41) is 8.91. The third-order valence-corrected chi connectivity index (χ3v) is 4.22. The summed E-state index contributed by atoms with van der Waals surface area (Å²) in [6.45, 7) is -0.00302. The number of benzene rings is 2. The fourth-order valence-electron chi connectivity index (χ4n) is 3.08. The van der Waals surface area contributed by atoms with Crippen molar-refractivity contribution >= 4 is 11.9 Å². The Labute approximate surface area is 141 Å². The maximum absolute atomic E-state index is 14.2. The lowest BCUT2D eigenvalue weighted by atomic mass is 9.99. The van der Waals surface area contributed by atoms with Crippen LogP contribution in [-0.4, -0.2) is 21.9 Å². The highest BCUT2D eigenvalue weighted by atomic mass is 19.1. The molecule has 1 amide bonds. The molecule has 0 spiro atoms. The Balaban J connectivity index is 1.99. The zero-order chi connectivity index (χ0) is 18.1. The molecule has 1 unspecified atom stereocenters. The van der Waals surface area contributed by atoms with Crippen molar-refractivity contribution in [2.75, 3.05) is 0 Å². The molecule has 2 aromatic carbocycles. The Morgan fingerprint density at radius 3 is 2.32 bits per heavy atom. The zero-order valence-electron chi connectivity index (χ0n) is 13.0. The lowest BCUT2D eigenvalue weighted by Crippen LogP contribution is -2.28. The van der Waals surface area contributed by atoms with Gasteiger partial charge in [-0.15, -0.1) is 0 Å². The van der Waals surface area contributed by atoms with Crippen molar-refractivity contribution in [3.05, 3.63) is 70.5 Å². The van der Waals surface area contributed by atoms with E-state index in [4.69, 9.17) is 5.11 Å². The van der Waals surface area contributed by atoms with E-state index in [0.29, 0.717) is 5.56 Å². The first-order valence-corrected chi connectivity index (χ1v) is 7.63. The number of rotatable bonds is 5. The normalized spacial score (nSPS) is 16.2. The molecule has 25 heavy (non-hydrogen) atoms. The number of hydrogen-bond donors (Lipinski definition) is 1. The lowest BCUT2D eigenvalue weighted by molar-refractivity contribution is -0.137. The smallest absolute Gasteiger partial charge is 0.303 e. The molecule has 1 aliphatic rings. The molecule has 1 aliphatic heterocycles. The number of hydrogen-bond acceptors (Lipinski definition) is 2. The maximum atomic E-state index is 14.2. The highest BCUT2D eigenvalue weighted by Gasteiger charge is 2.41. The fraction of sp³-hybridized carbons (Fsp3) is 0.222. The molecule has 4 nitrogen and oxygen atoms in total. The van der Waals surface area contributed by atoms with Gasteiger partial charge in [0, 0.05) is 18.5 Å². The van der Waals surface area contributed by atoms with Crippen LogP contribution in [0.15, 0.2) is 36.4 Å². The number of carboxylic acids is 1. The summed E-state index contributed by atoms with van der Waals surface area (Å²) in [4.78, 5) is 24.7. The summed E-state index contributed by atoms with van der Waals surface area (Å²) in [6.07, 6.45) is -0.344. The third kappa shape index (κ3) is 3.22. The van der Waals surface area contributed by atoms with Crippen LogP contribution in [0, 0.1) is 17.5 Å². The Morgan fingerprint density at radius 2 is 1.68 bits per heavy atom. The Bertz CT molecular complexity index is 836. The van der Waals surface area contributed by atoms with Gasteiger partial charge in [0.1, 0.15) is 17.5 Å². The Hall–Kier alpha value is -2.83. The summed E-state index contributed by atoms with van der Waals surface area (Å²) in [5.41, 5.74) is 0.0922. The van der Waals surface area contributed by atoms with Crippen molar-refractivity contribution in [1.29, 1.82) is 0 Å². The average Bonchev–Trinajstić information content (AvgIpc) is 2.85. The van der Waals surface area contributed by atoms with Crippen molar-refractivity contribution < 1.29 is 27.9 Å². The summed E-state index contributed by atoms with van der Waals surface area (Å²) in [7, 11) is 0. The van der Waals surface area contributed by atoms with Gasteiger partial charge in [-0.25, -0.2) is 13.2 Å². The van der Waals surface area contributed by atoms with Gasteiger partial charge in [-0.2, -0.15) is 0 Å². The van der Waals surface area contributed by atoms with Gasteiger partial charge in [-0.05, 0) is 36.2 Å². The van der Waals surface area contributed by atoms with Gasteiger partial charge < -0.3 is 10.0 Å². The van der Waals surface area contributed by atoms with E-state index in [9.17, 15) is 22.8 Å². The number of fused-ring (bicyclic) bond motifs is 1. The molecule has 7 heteroatoms. The van der Waals surface area contributed by atoms with Gasteiger partial charge >= 0.3 is 5.97 Å². The second kappa shape index (κ2) is 6.58. The minimum atomic E-state index is -1.10. The van der Waals surface area contributed by atoms with E-state index in [2.05, 4.69) is 0 Å². The van der Waals surface area contributed by atoms with Crippen molar-refractivity contribution in [3.63, 3.8) is 0 Å². The van der Waals surface area contributed by atoms with E-state index < -0.39 is 35.4 Å². The summed E-state index contributed by atoms with van der Waals surface area (Å²) < 4.78 is 41.4. The maximum Gasteiger partial charge on any atom is 0.303 e. The second-order valence-corrected chi connectivity index (χ2v) is 5.83. The number of amides is 1. The molecule has 2 aromatic rings. The molecular weight excluding hydrogens is 335 g/mol. The molecular formula is C18H14F3NO3. The van der Waals surface area contributed by atoms with Crippen LogP contribution in [0.3, 0.4) is 0 Å². The van der Waals surface area contributed by atoms with Gasteiger partial charge in [0.25, 0.3) is 5.91 Å². The van der Waals surface area contributed by atoms with Crippen LogP contribution < -0.4 is 0 Å².